The van der Waals surface area contributed by atoms with E-state index in [1.165, 1.54) is 22.3 Å². The lowest BCUT2D eigenvalue weighted by molar-refractivity contribution is -0.138. The fourth-order valence-corrected chi connectivity index (χ4v) is 3.22. The van der Waals surface area contributed by atoms with E-state index in [1.54, 1.807) is 0 Å². The number of nitrogens with zero attached hydrogens (tertiary/aromatic N) is 1. The molecule has 0 bridgehead atoms. The Balaban J connectivity index is 2.10. The normalized spacial score (nSPS) is 18.2. The van der Waals surface area contributed by atoms with Crippen LogP contribution in [-0.4, -0.2) is 29.1 Å². The van der Waals surface area contributed by atoms with E-state index < -0.39 is 5.97 Å². The highest BCUT2D eigenvalue weighted by molar-refractivity contribution is 5.69. The van der Waals surface area contributed by atoms with Gasteiger partial charge in [-0.1, -0.05) is 48.5 Å². The van der Waals surface area contributed by atoms with Gasteiger partial charge in [-0.2, -0.15) is 0 Å². The number of rotatable bonds is 3. The molecule has 108 valence electrons. The Labute approximate surface area is 124 Å². The Morgan fingerprint density at radius 3 is 2.52 bits per heavy atom. The predicted octanol–water partition coefficient (Wildman–Crippen LogP) is 3.03. The molecule has 3 heteroatoms. The number of hydrogen-bond acceptors (Lipinski definition) is 2. The number of benzene rings is 2. The average molecular weight is 281 g/mol. The Morgan fingerprint density at radius 1 is 1.14 bits per heavy atom. The number of fused-ring (bicyclic) bond motifs is 1. The van der Waals surface area contributed by atoms with Gasteiger partial charge in [0, 0.05) is 6.54 Å². The van der Waals surface area contributed by atoms with Crippen molar-refractivity contribution in [2.24, 2.45) is 0 Å². The number of aliphatic carboxylic acids is 1. The zero-order valence-corrected chi connectivity index (χ0v) is 12.1. The molecule has 2 aromatic rings. The van der Waals surface area contributed by atoms with Crippen LogP contribution in [0.1, 0.15) is 28.3 Å². The van der Waals surface area contributed by atoms with Crippen LogP contribution in [0.25, 0.3) is 0 Å². The molecule has 0 aromatic heterocycles. The molecule has 21 heavy (non-hydrogen) atoms. The summed E-state index contributed by atoms with van der Waals surface area (Å²) in [7, 11) is 0. The highest BCUT2D eigenvalue weighted by Gasteiger charge is 2.30. The van der Waals surface area contributed by atoms with Gasteiger partial charge in [-0.3, -0.25) is 9.69 Å². The van der Waals surface area contributed by atoms with Crippen molar-refractivity contribution in [1.29, 1.82) is 0 Å². The second-order valence-corrected chi connectivity index (χ2v) is 5.57. The molecule has 0 aliphatic carbocycles. The summed E-state index contributed by atoms with van der Waals surface area (Å²) >= 11 is 0. The van der Waals surface area contributed by atoms with E-state index in [0.717, 1.165) is 13.0 Å². The zero-order chi connectivity index (χ0) is 14.8. The van der Waals surface area contributed by atoms with Crippen molar-refractivity contribution in [2.45, 2.75) is 19.4 Å². The Hall–Kier alpha value is -2.13. The maximum absolute atomic E-state index is 11.2. The van der Waals surface area contributed by atoms with Crippen LogP contribution in [0.5, 0.6) is 0 Å². The summed E-state index contributed by atoms with van der Waals surface area (Å²) < 4.78 is 0. The van der Waals surface area contributed by atoms with Gasteiger partial charge < -0.3 is 5.11 Å². The fraction of sp³-hybridized carbons (Fsp3) is 0.278. The van der Waals surface area contributed by atoms with Crippen molar-refractivity contribution in [3.63, 3.8) is 0 Å². The third-order valence-electron chi connectivity index (χ3n) is 4.20. The number of aryl methyl sites for hydroxylation is 1. The molecule has 0 saturated heterocycles. The van der Waals surface area contributed by atoms with E-state index in [4.69, 9.17) is 0 Å². The van der Waals surface area contributed by atoms with Gasteiger partial charge in [-0.05, 0) is 35.6 Å². The predicted molar refractivity (Wildman–Crippen MR) is 82.4 cm³/mol. The average Bonchev–Trinajstić information content (AvgIpc) is 2.47. The molecule has 1 unspecified atom stereocenters. The van der Waals surface area contributed by atoms with Crippen molar-refractivity contribution in [1.82, 2.24) is 4.90 Å². The molecule has 1 heterocycles. The molecule has 0 fully saturated rings. The second kappa shape index (κ2) is 5.70. The van der Waals surface area contributed by atoms with Crippen LogP contribution in [0.3, 0.4) is 0 Å². The SMILES string of the molecule is Cc1ccccc1C1c2ccccc2CCN1CC(=O)O. The van der Waals surface area contributed by atoms with Gasteiger partial charge in [0.05, 0.1) is 12.6 Å². The molecule has 0 radical (unpaired) electrons. The first kappa shape index (κ1) is 13.8. The molecule has 0 saturated carbocycles. The number of hydrogen-bond donors (Lipinski definition) is 1. The van der Waals surface area contributed by atoms with Crippen molar-refractivity contribution >= 4 is 5.97 Å². The molecule has 2 aromatic carbocycles. The topological polar surface area (TPSA) is 40.5 Å². The summed E-state index contributed by atoms with van der Waals surface area (Å²) in [6, 6.07) is 16.6. The minimum atomic E-state index is -0.770. The smallest absolute Gasteiger partial charge is 0.317 e. The first-order valence-corrected chi connectivity index (χ1v) is 7.26. The standard InChI is InChI=1S/C18H19NO2/c1-13-6-2-4-8-15(13)18-16-9-5-3-7-14(16)10-11-19(18)12-17(20)21/h2-9,18H,10-12H2,1H3,(H,20,21). The van der Waals surface area contributed by atoms with E-state index in [1.807, 2.05) is 18.2 Å². The highest BCUT2D eigenvalue weighted by atomic mass is 16.4. The van der Waals surface area contributed by atoms with Gasteiger partial charge in [-0.15, -0.1) is 0 Å². The molecule has 1 N–H and O–H groups in total. The van der Waals surface area contributed by atoms with E-state index in [9.17, 15) is 9.90 Å². The molecular formula is C18H19NO2. The largest absolute Gasteiger partial charge is 0.480 e. The lowest BCUT2D eigenvalue weighted by Crippen LogP contribution is -2.39. The van der Waals surface area contributed by atoms with Crippen LogP contribution in [0.2, 0.25) is 0 Å². The summed E-state index contributed by atoms with van der Waals surface area (Å²) in [5.41, 5.74) is 4.96. The quantitative estimate of drug-likeness (QED) is 0.940. The number of carbonyl (C=O) groups is 1. The third kappa shape index (κ3) is 2.69. The van der Waals surface area contributed by atoms with Crippen LogP contribution < -0.4 is 0 Å². The van der Waals surface area contributed by atoms with E-state index >= 15 is 0 Å². The summed E-state index contributed by atoms with van der Waals surface area (Å²) in [5.74, 6) is -0.770. The Morgan fingerprint density at radius 2 is 1.81 bits per heavy atom. The van der Waals surface area contributed by atoms with E-state index in [0.29, 0.717) is 0 Å². The van der Waals surface area contributed by atoms with Gasteiger partial charge in [-0.25, -0.2) is 0 Å². The molecule has 1 aliphatic rings. The Kier molecular flexibility index (Phi) is 3.76. The number of carboxylic acids is 1. The summed E-state index contributed by atoms with van der Waals surface area (Å²) in [4.78, 5) is 13.3. The molecule has 1 atom stereocenters. The summed E-state index contributed by atoms with van der Waals surface area (Å²) in [6.07, 6.45) is 0.909. The van der Waals surface area contributed by atoms with Gasteiger partial charge in [0.25, 0.3) is 0 Å². The van der Waals surface area contributed by atoms with E-state index in [2.05, 4.69) is 42.2 Å². The van der Waals surface area contributed by atoms with Crippen LogP contribution in [0.4, 0.5) is 0 Å². The van der Waals surface area contributed by atoms with Crippen LogP contribution in [0.15, 0.2) is 48.5 Å². The number of carboxylic acid groups (broad SMARTS) is 1. The first-order valence-electron chi connectivity index (χ1n) is 7.26. The zero-order valence-electron chi connectivity index (χ0n) is 12.1. The van der Waals surface area contributed by atoms with Gasteiger partial charge in [0.15, 0.2) is 0 Å². The molecule has 0 amide bonds. The summed E-state index contributed by atoms with van der Waals surface area (Å²) in [5, 5.41) is 9.21. The minimum absolute atomic E-state index is 0.0345. The van der Waals surface area contributed by atoms with Crippen LogP contribution in [0, 0.1) is 6.92 Å². The van der Waals surface area contributed by atoms with Gasteiger partial charge in [0.1, 0.15) is 0 Å². The second-order valence-electron chi connectivity index (χ2n) is 5.57. The van der Waals surface area contributed by atoms with Crippen molar-refractivity contribution in [2.75, 3.05) is 13.1 Å². The fourth-order valence-electron chi connectivity index (χ4n) is 3.22. The van der Waals surface area contributed by atoms with Crippen molar-refractivity contribution in [3.8, 4) is 0 Å². The Bertz CT molecular complexity index is 666. The molecule has 3 rings (SSSR count). The molecular weight excluding hydrogens is 262 g/mol. The minimum Gasteiger partial charge on any atom is -0.480 e. The van der Waals surface area contributed by atoms with Crippen LogP contribution in [-0.2, 0) is 11.2 Å². The maximum Gasteiger partial charge on any atom is 0.317 e. The lowest BCUT2D eigenvalue weighted by atomic mass is 9.86. The van der Waals surface area contributed by atoms with Gasteiger partial charge >= 0.3 is 5.97 Å². The van der Waals surface area contributed by atoms with Gasteiger partial charge in [0.2, 0.25) is 0 Å². The highest BCUT2D eigenvalue weighted by Crippen LogP contribution is 2.36. The maximum atomic E-state index is 11.2. The van der Waals surface area contributed by atoms with Crippen molar-refractivity contribution < 1.29 is 9.90 Å². The third-order valence-corrected chi connectivity index (χ3v) is 4.20. The van der Waals surface area contributed by atoms with E-state index in [-0.39, 0.29) is 12.6 Å². The van der Waals surface area contributed by atoms with Crippen LogP contribution >= 0.6 is 0 Å². The lowest BCUT2D eigenvalue weighted by Gasteiger charge is -2.37. The summed E-state index contributed by atoms with van der Waals surface area (Å²) in [6.45, 7) is 2.95. The molecule has 0 spiro atoms. The molecule has 3 nitrogen and oxygen atoms in total. The monoisotopic (exact) mass is 281 g/mol. The molecule has 1 aliphatic heterocycles. The van der Waals surface area contributed by atoms with Crippen molar-refractivity contribution in [3.05, 3.63) is 70.8 Å². The first-order chi connectivity index (χ1) is 10.2.